The molecule has 0 aliphatic heterocycles. The Balaban J connectivity index is 1.60. The summed E-state index contributed by atoms with van der Waals surface area (Å²) in [6.07, 6.45) is 3.72. The zero-order chi connectivity index (χ0) is 17.4. The largest absolute Gasteiger partial charge is 0.356 e. The van der Waals surface area contributed by atoms with Gasteiger partial charge in [-0.1, -0.05) is 0 Å². The highest BCUT2D eigenvalue weighted by molar-refractivity contribution is 7.99. The number of guanidine groups is 1. The van der Waals surface area contributed by atoms with Crippen LogP contribution < -0.4 is 10.6 Å². The maximum absolute atomic E-state index is 12.8. The number of hydrogen-bond donors (Lipinski definition) is 2. The SMILES string of the molecule is CN=C(NCCCSc1ccc(F)cc1)NCC(C1CC1)N(C)C. The zero-order valence-corrected chi connectivity index (χ0v) is 15.7. The molecule has 0 heterocycles. The van der Waals surface area contributed by atoms with Gasteiger partial charge >= 0.3 is 0 Å². The van der Waals surface area contributed by atoms with Crippen molar-refractivity contribution in [3.8, 4) is 0 Å². The van der Waals surface area contributed by atoms with Crippen LogP contribution in [0.4, 0.5) is 4.39 Å². The van der Waals surface area contributed by atoms with Crippen molar-refractivity contribution in [1.82, 2.24) is 15.5 Å². The van der Waals surface area contributed by atoms with E-state index in [-0.39, 0.29) is 5.82 Å². The lowest BCUT2D eigenvalue weighted by Gasteiger charge is -2.25. The van der Waals surface area contributed by atoms with E-state index in [0.717, 1.165) is 42.0 Å². The minimum Gasteiger partial charge on any atom is -0.356 e. The molecule has 1 fully saturated rings. The normalized spacial score (nSPS) is 16.3. The minimum absolute atomic E-state index is 0.182. The molecule has 0 radical (unpaired) electrons. The summed E-state index contributed by atoms with van der Waals surface area (Å²) in [4.78, 5) is 7.70. The molecule has 0 bridgehead atoms. The van der Waals surface area contributed by atoms with Crippen molar-refractivity contribution in [1.29, 1.82) is 0 Å². The van der Waals surface area contributed by atoms with Gasteiger partial charge in [0.15, 0.2) is 5.96 Å². The van der Waals surface area contributed by atoms with Crippen molar-refractivity contribution in [2.45, 2.75) is 30.2 Å². The van der Waals surface area contributed by atoms with Crippen LogP contribution in [0.25, 0.3) is 0 Å². The Morgan fingerprint density at radius 3 is 2.58 bits per heavy atom. The molecule has 24 heavy (non-hydrogen) atoms. The maximum Gasteiger partial charge on any atom is 0.191 e. The molecule has 134 valence electrons. The van der Waals surface area contributed by atoms with Crippen LogP contribution in [0.15, 0.2) is 34.2 Å². The number of nitrogens with one attached hydrogen (secondary N) is 2. The van der Waals surface area contributed by atoms with E-state index in [2.05, 4.69) is 34.6 Å². The standard InChI is InChI=1S/C18H29FN4S/c1-20-18(22-13-17(23(2)3)14-5-6-14)21-11-4-12-24-16-9-7-15(19)8-10-16/h7-10,14,17H,4-6,11-13H2,1-3H3,(H2,20,21,22). The van der Waals surface area contributed by atoms with E-state index in [4.69, 9.17) is 0 Å². The van der Waals surface area contributed by atoms with Gasteiger partial charge in [-0.25, -0.2) is 4.39 Å². The molecule has 1 aliphatic rings. The molecule has 1 saturated carbocycles. The van der Waals surface area contributed by atoms with Crippen molar-refractivity contribution in [2.24, 2.45) is 10.9 Å². The predicted molar refractivity (Wildman–Crippen MR) is 101 cm³/mol. The van der Waals surface area contributed by atoms with Gasteiger partial charge in [0, 0.05) is 31.1 Å². The molecule has 2 N–H and O–H groups in total. The van der Waals surface area contributed by atoms with Crippen LogP contribution in [-0.4, -0.2) is 56.9 Å². The summed E-state index contributed by atoms with van der Waals surface area (Å²) in [7, 11) is 6.10. The summed E-state index contributed by atoms with van der Waals surface area (Å²) in [5.41, 5.74) is 0. The van der Waals surface area contributed by atoms with Crippen molar-refractivity contribution in [3.05, 3.63) is 30.1 Å². The molecule has 1 aromatic rings. The van der Waals surface area contributed by atoms with Gasteiger partial charge in [-0.15, -0.1) is 11.8 Å². The van der Waals surface area contributed by atoms with Crippen LogP contribution in [0.5, 0.6) is 0 Å². The monoisotopic (exact) mass is 352 g/mol. The number of hydrogen-bond acceptors (Lipinski definition) is 3. The number of benzene rings is 1. The molecular weight excluding hydrogens is 323 g/mol. The molecule has 1 aromatic carbocycles. The Morgan fingerprint density at radius 1 is 1.29 bits per heavy atom. The van der Waals surface area contributed by atoms with Crippen LogP contribution in [0, 0.1) is 11.7 Å². The third kappa shape index (κ3) is 6.69. The lowest BCUT2D eigenvalue weighted by atomic mass is 10.1. The van der Waals surface area contributed by atoms with Gasteiger partial charge in [0.05, 0.1) is 0 Å². The molecule has 1 aliphatic carbocycles. The predicted octanol–water partition coefficient (Wildman–Crippen LogP) is 2.81. The molecule has 1 unspecified atom stereocenters. The first-order chi connectivity index (χ1) is 11.6. The Hall–Kier alpha value is -1.27. The molecule has 1 atom stereocenters. The van der Waals surface area contributed by atoms with Gasteiger partial charge in [-0.2, -0.15) is 0 Å². The summed E-state index contributed by atoms with van der Waals surface area (Å²) >= 11 is 1.75. The average molecular weight is 353 g/mol. The lowest BCUT2D eigenvalue weighted by Crippen LogP contribution is -2.46. The Labute approximate surface area is 149 Å². The summed E-state index contributed by atoms with van der Waals surface area (Å²) < 4.78 is 12.8. The smallest absolute Gasteiger partial charge is 0.191 e. The Morgan fingerprint density at radius 2 is 2.00 bits per heavy atom. The molecule has 6 heteroatoms. The van der Waals surface area contributed by atoms with E-state index < -0.39 is 0 Å². The van der Waals surface area contributed by atoms with Crippen molar-refractivity contribution in [3.63, 3.8) is 0 Å². The summed E-state index contributed by atoms with van der Waals surface area (Å²) in [6, 6.07) is 7.25. The molecular formula is C18H29FN4S. The second-order valence-electron chi connectivity index (χ2n) is 6.40. The fraction of sp³-hybridized carbons (Fsp3) is 0.611. The van der Waals surface area contributed by atoms with Gasteiger partial charge in [-0.3, -0.25) is 4.99 Å². The first kappa shape index (κ1) is 19.1. The van der Waals surface area contributed by atoms with Crippen LogP contribution in [0.2, 0.25) is 0 Å². The summed E-state index contributed by atoms with van der Waals surface area (Å²) in [5, 5.41) is 6.80. The molecule has 0 spiro atoms. The van der Waals surface area contributed by atoms with E-state index in [1.807, 2.05) is 19.2 Å². The van der Waals surface area contributed by atoms with Crippen LogP contribution >= 0.6 is 11.8 Å². The van der Waals surface area contributed by atoms with Crippen LogP contribution in [0.1, 0.15) is 19.3 Å². The number of aliphatic imine (C=N–C) groups is 1. The molecule has 0 amide bonds. The summed E-state index contributed by atoms with van der Waals surface area (Å²) in [6.45, 7) is 1.81. The quantitative estimate of drug-likeness (QED) is 0.310. The molecule has 0 saturated heterocycles. The van der Waals surface area contributed by atoms with E-state index in [9.17, 15) is 4.39 Å². The Bertz CT molecular complexity index is 512. The highest BCUT2D eigenvalue weighted by Crippen LogP contribution is 2.34. The minimum atomic E-state index is -0.182. The van der Waals surface area contributed by atoms with Gasteiger partial charge < -0.3 is 15.5 Å². The second kappa shape index (κ2) is 9.89. The van der Waals surface area contributed by atoms with Gasteiger partial charge in [0.2, 0.25) is 0 Å². The van der Waals surface area contributed by atoms with Crippen molar-refractivity contribution in [2.75, 3.05) is 40.0 Å². The average Bonchev–Trinajstić information content (AvgIpc) is 3.39. The van der Waals surface area contributed by atoms with Crippen LogP contribution in [-0.2, 0) is 0 Å². The topological polar surface area (TPSA) is 39.7 Å². The van der Waals surface area contributed by atoms with Gasteiger partial charge in [0.1, 0.15) is 5.82 Å². The number of likely N-dealkylation sites (N-methyl/N-ethyl adjacent to an activating group) is 1. The first-order valence-corrected chi connectivity index (χ1v) is 9.58. The third-order valence-corrected chi connectivity index (χ3v) is 5.33. The summed E-state index contributed by atoms with van der Waals surface area (Å²) in [5.74, 6) is 2.52. The molecule has 0 aromatic heterocycles. The fourth-order valence-corrected chi connectivity index (χ4v) is 3.53. The number of thioether (sulfide) groups is 1. The van der Waals surface area contributed by atoms with Crippen molar-refractivity contribution >= 4 is 17.7 Å². The number of nitrogens with zero attached hydrogens (tertiary/aromatic N) is 2. The lowest BCUT2D eigenvalue weighted by molar-refractivity contribution is 0.264. The number of halogens is 1. The third-order valence-electron chi connectivity index (χ3n) is 4.23. The second-order valence-corrected chi connectivity index (χ2v) is 7.57. The maximum atomic E-state index is 12.8. The van der Waals surface area contributed by atoms with Crippen LogP contribution in [0.3, 0.4) is 0 Å². The van der Waals surface area contributed by atoms with E-state index in [0.29, 0.717) is 6.04 Å². The van der Waals surface area contributed by atoms with Crippen molar-refractivity contribution < 1.29 is 4.39 Å². The highest BCUT2D eigenvalue weighted by atomic mass is 32.2. The highest BCUT2D eigenvalue weighted by Gasteiger charge is 2.32. The molecule has 4 nitrogen and oxygen atoms in total. The fourth-order valence-electron chi connectivity index (χ4n) is 2.67. The van der Waals surface area contributed by atoms with Gasteiger partial charge in [0.25, 0.3) is 0 Å². The molecule has 2 rings (SSSR count). The first-order valence-electron chi connectivity index (χ1n) is 8.59. The Kier molecular flexibility index (Phi) is 7.85. The zero-order valence-electron chi connectivity index (χ0n) is 14.9. The number of rotatable bonds is 9. The van der Waals surface area contributed by atoms with E-state index in [1.54, 1.807) is 11.8 Å². The van der Waals surface area contributed by atoms with E-state index >= 15 is 0 Å². The van der Waals surface area contributed by atoms with Gasteiger partial charge in [-0.05, 0) is 69.3 Å². The van der Waals surface area contributed by atoms with E-state index in [1.165, 1.54) is 25.0 Å².